The van der Waals surface area contributed by atoms with Crippen LogP contribution in [0.25, 0.3) is 0 Å². The lowest BCUT2D eigenvalue weighted by atomic mass is 9.41. The summed E-state index contributed by atoms with van der Waals surface area (Å²) in [6.45, 7) is 5.47. The average molecular weight is 967 g/mol. The van der Waals surface area contributed by atoms with Crippen molar-refractivity contribution in [2.45, 2.75) is 200 Å². The van der Waals surface area contributed by atoms with Crippen molar-refractivity contribution in [3.05, 3.63) is 12.2 Å². The van der Waals surface area contributed by atoms with Crippen LogP contribution in [0, 0.1) is 28.1 Å². The summed E-state index contributed by atoms with van der Waals surface area (Å²) in [4.78, 5) is 14.7. The Kier molecular flexibility index (Phi) is 15.0. The van der Waals surface area contributed by atoms with Gasteiger partial charge < -0.3 is 109 Å². The molecule has 384 valence electrons. The zero-order valence-corrected chi connectivity index (χ0v) is 37.5. The third-order valence-electron chi connectivity index (χ3n) is 17.1. The molecule has 4 heterocycles. The highest BCUT2D eigenvalue weighted by Crippen LogP contribution is 2.73. The highest BCUT2D eigenvalue weighted by molar-refractivity contribution is 5.77. The van der Waals surface area contributed by atoms with E-state index in [1.165, 1.54) is 0 Å². The standard InChI is InChI=1S/C44H70O23/c1-17-11-43-9-5-22-41(2,7-4-8-42(22,3)40(59)66-38-34(30(55)26(51)20(14-47)62-38)64-36-32(57)28(53)24(49)18(12-45)60-36)23(43)6-10-44(17,16-43)67-39-35(31(56)27(52)21(15-48)63-39)65-37-33(58)29(54)25(50)19(13-46)61-37/h18-39,45-58H,1,4-16H2,2-3H3. The highest BCUT2D eigenvalue weighted by atomic mass is 16.8. The second-order valence-electron chi connectivity index (χ2n) is 20.8. The van der Waals surface area contributed by atoms with E-state index in [1.807, 2.05) is 6.92 Å². The second kappa shape index (κ2) is 19.4. The van der Waals surface area contributed by atoms with Gasteiger partial charge in [0.25, 0.3) is 0 Å². The van der Waals surface area contributed by atoms with E-state index in [9.17, 15) is 76.3 Å². The molecule has 0 radical (unpaired) electrons. The lowest BCUT2D eigenvalue weighted by molar-refractivity contribution is -0.378. The zero-order chi connectivity index (χ0) is 48.7. The van der Waals surface area contributed by atoms with Gasteiger partial charge in [-0.3, -0.25) is 4.79 Å². The van der Waals surface area contributed by atoms with Crippen molar-refractivity contribution in [2.75, 3.05) is 26.4 Å². The summed E-state index contributed by atoms with van der Waals surface area (Å²) >= 11 is 0. The number of rotatable bonds is 12. The number of carbonyl (C=O) groups is 1. The van der Waals surface area contributed by atoms with Crippen LogP contribution in [0.5, 0.6) is 0 Å². The van der Waals surface area contributed by atoms with E-state index in [2.05, 4.69) is 13.5 Å². The Hall–Kier alpha value is -1.63. The molecule has 26 unspecified atom stereocenters. The SMILES string of the molecule is C=C1CC23CCC4C(C)(C(=O)OC5OC(CO)C(O)C(O)C5OC5OC(CO)C(O)C(O)C5O)CCCC4(C)C2CCC1(OC1OC(CO)C(O)C(O)C1OC1OC(CO)C(O)C(O)C1O)C3. The van der Waals surface area contributed by atoms with Gasteiger partial charge in [-0.05, 0) is 86.5 Å². The molecular weight excluding hydrogens is 896 g/mol. The minimum absolute atomic E-state index is 0.0251. The Bertz CT molecular complexity index is 1760. The molecule has 23 nitrogen and oxygen atoms in total. The molecule has 26 atom stereocenters. The van der Waals surface area contributed by atoms with Crippen molar-refractivity contribution in [1.29, 1.82) is 0 Å². The minimum Gasteiger partial charge on any atom is -0.432 e. The predicted molar refractivity (Wildman–Crippen MR) is 219 cm³/mol. The summed E-state index contributed by atoms with van der Waals surface area (Å²) in [5, 5.41) is 147. The zero-order valence-electron chi connectivity index (χ0n) is 37.5. The first-order valence-electron chi connectivity index (χ1n) is 23.4. The van der Waals surface area contributed by atoms with Crippen LogP contribution < -0.4 is 0 Å². The Morgan fingerprint density at radius 3 is 1.52 bits per heavy atom. The van der Waals surface area contributed by atoms with Crippen LogP contribution in [0.15, 0.2) is 12.2 Å². The maximum Gasteiger partial charge on any atom is 0.314 e. The molecule has 8 fully saturated rings. The monoisotopic (exact) mass is 966 g/mol. The lowest BCUT2D eigenvalue weighted by Crippen LogP contribution is -2.66. The van der Waals surface area contributed by atoms with Gasteiger partial charge in [0.05, 0.1) is 37.4 Å². The van der Waals surface area contributed by atoms with Crippen LogP contribution in [0.3, 0.4) is 0 Å². The molecule has 4 saturated carbocycles. The number of ether oxygens (including phenoxy) is 8. The van der Waals surface area contributed by atoms with Gasteiger partial charge in [-0.2, -0.15) is 0 Å². The summed E-state index contributed by atoms with van der Waals surface area (Å²) < 4.78 is 47.6. The van der Waals surface area contributed by atoms with Gasteiger partial charge in [0.1, 0.15) is 91.6 Å². The van der Waals surface area contributed by atoms with Gasteiger partial charge in [-0.25, -0.2) is 0 Å². The van der Waals surface area contributed by atoms with Crippen molar-refractivity contribution >= 4 is 5.97 Å². The molecule has 8 rings (SSSR count). The molecule has 14 N–H and O–H groups in total. The Balaban J connectivity index is 1.01. The van der Waals surface area contributed by atoms with Crippen molar-refractivity contribution in [3.8, 4) is 0 Å². The number of fused-ring (bicyclic) bond motifs is 3. The van der Waals surface area contributed by atoms with Crippen molar-refractivity contribution < 1.29 is 114 Å². The number of esters is 1. The Morgan fingerprint density at radius 1 is 0.567 bits per heavy atom. The van der Waals surface area contributed by atoms with Gasteiger partial charge in [-0.1, -0.05) is 19.9 Å². The van der Waals surface area contributed by atoms with Crippen LogP contribution >= 0.6 is 0 Å². The fourth-order valence-corrected chi connectivity index (χ4v) is 13.5. The molecule has 0 aromatic heterocycles. The van der Waals surface area contributed by atoms with Gasteiger partial charge in [-0.15, -0.1) is 0 Å². The maximum absolute atomic E-state index is 14.7. The topological polar surface area (TPSA) is 374 Å². The van der Waals surface area contributed by atoms with Gasteiger partial charge >= 0.3 is 5.97 Å². The first kappa shape index (κ1) is 51.7. The quantitative estimate of drug-likeness (QED) is 0.0494. The Labute approximate surface area is 386 Å². The first-order chi connectivity index (χ1) is 31.6. The molecule has 4 saturated heterocycles. The molecule has 0 aromatic rings. The molecule has 8 aliphatic rings. The van der Waals surface area contributed by atoms with Crippen molar-refractivity contribution in [3.63, 3.8) is 0 Å². The second-order valence-corrected chi connectivity index (χ2v) is 20.8. The highest BCUT2D eigenvalue weighted by Gasteiger charge is 2.69. The number of aliphatic hydroxyl groups excluding tert-OH is 14. The number of aliphatic hydroxyl groups is 14. The number of hydrogen-bond donors (Lipinski definition) is 14. The third kappa shape index (κ3) is 8.63. The third-order valence-corrected chi connectivity index (χ3v) is 17.1. The van der Waals surface area contributed by atoms with E-state index in [0.717, 1.165) is 12.0 Å². The van der Waals surface area contributed by atoms with E-state index in [-0.39, 0.29) is 17.3 Å². The summed E-state index contributed by atoms with van der Waals surface area (Å²) in [6.07, 6.45) is -28.3. The molecule has 0 aromatic carbocycles. The first-order valence-corrected chi connectivity index (χ1v) is 23.4. The summed E-state index contributed by atoms with van der Waals surface area (Å²) in [5.74, 6) is -0.927. The van der Waals surface area contributed by atoms with E-state index in [4.69, 9.17) is 37.9 Å². The van der Waals surface area contributed by atoms with E-state index < -0.39 is 172 Å². The largest absolute Gasteiger partial charge is 0.432 e. The van der Waals surface area contributed by atoms with Gasteiger partial charge in [0.2, 0.25) is 6.29 Å². The van der Waals surface area contributed by atoms with Crippen molar-refractivity contribution in [1.82, 2.24) is 0 Å². The number of hydrogen-bond acceptors (Lipinski definition) is 23. The molecule has 67 heavy (non-hydrogen) atoms. The summed E-state index contributed by atoms with van der Waals surface area (Å²) in [5.41, 5.74) is -2.29. The van der Waals surface area contributed by atoms with Crippen LogP contribution in [-0.4, -0.2) is 232 Å². The van der Waals surface area contributed by atoms with Crippen LogP contribution in [0.2, 0.25) is 0 Å². The van der Waals surface area contributed by atoms with Crippen LogP contribution in [0.4, 0.5) is 0 Å². The fraction of sp³-hybridized carbons (Fsp3) is 0.932. The minimum atomic E-state index is -1.90. The molecule has 2 bridgehead atoms. The molecule has 4 aliphatic heterocycles. The van der Waals surface area contributed by atoms with Crippen molar-refractivity contribution in [2.24, 2.45) is 28.1 Å². The summed E-state index contributed by atoms with van der Waals surface area (Å²) in [7, 11) is 0. The van der Waals surface area contributed by atoms with E-state index in [1.54, 1.807) is 0 Å². The number of carbonyl (C=O) groups excluding carboxylic acids is 1. The summed E-state index contributed by atoms with van der Waals surface area (Å²) in [6, 6.07) is 0. The molecule has 23 heteroatoms. The molecule has 1 spiro atoms. The molecule has 0 amide bonds. The predicted octanol–water partition coefficient (Wildman–Crippen LogP) is -5.11. The average Bonchev–Trinajstić information content (AvgIpc) is 3.50. The van der Waals surface area contributed by atoms with E-state index in [0.29, 0.717) is 51.4 Å². The van der Waals surface area contributed by atoms with Gasteiger partial charge in [0.15, 0.2) is 25.0 Å². The normalized spacial score (nSPS) is 54.5. The smallest absolute Gasteiger partial charge is 0.314 e. The molecule has 4 aliphatic carbocycles. The maximum atomic E-state index is 14.7. The van der Waals surface area contributed by atoms with Crippen LogP contribution in [0.1, 0.15) is 71.6 Å². The molecular formula is C44H70O23. The van der Waals surface area contributed by atoms with E-state index >= 15 is 0 Å². The Morgan fingerprint density at radius 2 is 1.01 bits per heavy atom. The van der Waals surface area contributed by atoms with Crippen LogP contribution in [-0.2, 0) is 42.7 Å². The van der Waals surface area contributed by atoms with Gasteiger partial charge in [0, 0.05) is 0 Å². The fourth-order valence-electron chi connectivity index (χ4n) is 13.5. The lowest BCUT2D eigenvalue weighted by Gasteiger charge is -2.64.